The van der Waals surface area contributed by atoms with Gasteiger partial charge in [-0.25, -0.2) is 0 Å². The van der Waals surface area contributed by atoms with Crippen molar-refractivity contribution < 1.29 is 9.53 Å². The summed E-state index contributed by atoms with van der Waals surface area (Å²) in [5.41, 5.74) is 0.560. The Bertz CT molecular complexity index is 554. The summed E-state index contributed by atoms with van der Waals surface area (Å²) in [5, 5.41) is 6.43. The van der Waals surface area contributed by atoms with E-state index in [1.54, 1.807) is 12.1 Å². The zero-order chi connectivity index (χ0) is 17.4. The minimum absolute atomic E-state index is 0.197. The number of hydrogen-bond acceptors (Lipinski definition) is 3. The zero-order valence-corrected chi connectivity index (χ0v) is 15.5. The number of carbonyl (C=O) groups is 1. The molecule has 5 heteroatoms. The minimum Gasteiger partial charge on any atom is -0.494 e. The summed E-state index contributed by atoms with van der Waals surface area (Å²) in [6, 6.07) is 7.62. The van der Waals surface area contributed by atoms with Crippen molar-refractivity contribution in [1.29, 1.82) is 0 Å². The van der Waals surface area contributed by atoms with E-state index in [4.69, 9.17) is 17.0 Å². The van der Waals surface area contributed by atoms with Gasteiger partial charge in [0.05, 0.1) is 6.61 Å². The number of ether oxygens (including phenoxy) is 1. The highest BCUT2D eigenvalue weighted by Crippen LogP contribution is 2.17. The van der Waals surface area contributed by atoms with Crippen LogP contribution in [0.2, 0.25) is 0 Å². The maximum atomic E-state index is 12.3. The van der Waals surface area contributed by atoms with E-state index in [2.05, 4.69) is 24.5 Å². The third-order valence-corrected chi connectivity index (χ3v) is 4.45. The maximum Gasteiger partial charge on any atom is 0.257 e. The molecule has 0 spiro atoms. The fourth-order valence-electron chi connectivity index (χ4n) is 2.78. The van der Waals surface area contributed by atoms with Gasteiger partial charge in [-0.3, -0.25) is 10.1 Å². The molecule has 0 unspecified atom stereocenters. The van der Waals surface area contributed by atoms with Crippen LogP contribution in [0.15, 0.2) is 24.3 Å². The third-order valence-electron chi connectivity index (χ3n) is 4.23. The maximum absolute atomic E-state index is 12.3. The van der Waals surface area contributed by atoms with Crippen LogP contribution < -0.4 is 15.4 Å². The van der Waals surface area contributed by atoms with Gasteiger partial charge >= 0.3 is 0 Å². The fraction of sp³-hybridized carbons (Fsp3) is 0.579. The highest BCUT2D eigenvalue weighted by molar-refractivity contribution is 7.80. The van der Waals surface area contributed by atoms with Crippen LogP contribution in [0.1, 0.15) is 62.7 Å². The molecule has 1 aromatic rings. The molecule has 4 nitrogen and oxygen atoms in total. The zero-order valence-electron chi connectivity index (χ0n) is 14.6. The average Bonchev–Trinajstić information content (AvgIpc) is 2.55. The summed E-state index contributed by atoms with van der Waals surface area (Å²) in [4.78, 5) is 12.3. The van der Waals surface area contributed by atoms with E-state index >= 15 is 0 Å². The summed E-state index contributed by atoms with van der Waals surface area (Å²) in [6.45, 7) is 4.98. The van der Waals surface area contributed by atoms with Crippen molar-refractivity contribution in [2.24, 2.45) is 5.92 Å². The molecule has 0 bridgehead atoms. The largest absolute Gasteiger partial charge is 0.494 e. The number of carbonyl (C=O) groups excluding carboxylic acids is 1. The van der Waals surface area contributed by atoms with Gasteiger partial charge in [-0.15, -0.1) is 0 Å². The van der Waals surface area contributed by atoms with E-state index in [-0.39, 0.29) is 5.91 Å². The molecule has 0 aliphatic heterocycles. The quantitative estimate of drug-likeness (QED) is 0.762. The molecule has 0 radical (unpaired) electrons. The van der Waals surface area contributed by atoms with Crippen LogP contribution in [0.3, 0.4) is 0 Å². The van der Waals surface area contributed by atoms with Crippen LogP contribution in [0.5, 0.6) is 5.75 Å². The Morgan fingerprint density at radius 2 is 2.04 bits per heavy atom. The summed E-state index contributed by atoms with van der Waals surface area (Å²) in [6.07, 6.45) is 6.98. The first-order chi connectivity index (χ1) is 11.5. The van der Waals surface area contributed by atoms with Crippen molar-refractivity contribution in [3.63, 3.8) is 0 Å². The lowest BCUT2D eigenvalue weighted by molar-refractivity contribution is 0.0976. The molecule has 132 valence electrons. The molecule has 1 aliphatic carbocycles. The molecule has 1 saturated carbocycles. The molecule has 24 heavy (non-hydrogen) atoms. The number of amides is 1. The lowest BCUT2D eigenvalue weighted by Gasteiger charge is -2.24. The van der Waals surface area contributed by atoms with E-state index in [1.165, 1.54) is 19.3 Å². The Morgan fingerprint density at radius 3 is 2.75 bits per heavy atom. The van der Waals surface area contributed by atoms with Gasteiger partial charge in [-0.2, -0.15) is 0 Å². The van der Waals surface area contributed by atoms with Crippen LogP contribution >= 0.6 is 12.2 Å². The van der Waals surface area contributed by atoms with E-state index in [9.17, 15) is 4.79 Å². The molecule has 1 fully saturated rings. The summed E-state index contributed by atoms with van der Waals surface area (Å²) < 4.78 is 5.71. The first kappa shape index (κ1) is 18.7. The lowest BCUT2D eigenvalue weighted by Crippen LogP contribution is -2.45. The van der Waals surface area contributed by atoms with E-state index in [0.29, 0.717) is 29.2 Å². The van der Waals surface area contributed by atoms with Gasteiger partial charge < -0.3 is 10.1 Å². The van der Waals surface area contributed by atoms with Crippen molar-refractivity contribution in [2.75, 3.05) is 6.61 Å². The number of nitrogens with one attached hydrogen (secondary N) is 2. The van der Waals surface area contributed by atoms with E-state index in [0.717, 1.165) is 25.0 Å². The smallest absolute Gasteiger partial charge is 0.257 e. The van der Waals surface area contributed by atoms with Gasteiger partial charge in [0, 0.05) is 11.6 Å². The molecule has 0 atom stereocenters. The van der Waals surface area contributed by atoms with Crippen LogP contribution in [-0.4, -0.2) is 23.7 Å². The predicted octanol–water partition coefficient (Wildman–Crippen LogP) is 4.05. The van der Waals surface area contributed by atoms with Gasteiger partial charge in [-0.1, -0.05) is 39.2 Å². The number of thiocarbonyl (C=S) groups is 1. The normalized spacial score (nSPS) is 15.1. The SMILES string of the molecule is CC(C)CCOc1cccc(C(=O)NC(=S)NC2CCCCC2)c1. The summed E-state index contributed by atoms with van der Waals surface area (Å²) >= 11 is 5.27. The molecule has 0 aromatic heterocycles. The Hall–Kier alpha value is -1.62. The first-order valence-corrected chi connectivity index (χ1v) is 9.30. The van der Waals surface area contributed by atoms with Crippen molar-refractivity contribution in [2.45, 2.75) is 58.4 Å². The van der Waals surface area contributed by atoms with Crippen molar-refractivity contribution >= 4 is 23.2 Å². The third kappa shape index (κ3) is 6.48. The van der Waals surface area contributed by atoms with Crippen LogP contribution in [0.4, 0.5) is 0 Å². The standard InChI is InChI=1S/C19H28N2O2S/c1-14(2)11-12-23-17-10-6-7-15(13-17)18(22)21-19(24)20-16-8-4-3-5-9-16/h6-7,10,13-14,16H,3-5,8-9,11-12H2,1-2H3,(H2,20,21,22,24). The van der Waals surface area contributed by atoms with E-state index in [1.807, 2.05) is 12.1 Å². The minimum atomic E-state index is -0.197. The summed E-state index contributed by atoms with van der Waals surface area (Å²) in [7, 11) is 0. The van der Waals surface area contributed by atoms with Crippen molar-refractivity contribution in [1.82, 2.24) is 10.6 Å². The Morgan fingerprint density at radius 1 is 1.29 bits per heavy atom. The molecule has 0 saturated heterocycles. The topological polar surface area (TPSA) is 50.4 Å². The van der Waals surface area contributed by atoms with Crippen LogP contribution in [-0.2, 0) is 0 Å². The fourth-order valence-corrected chi connectivity index (χ4v) is 3.04. The molecule has 1 aliphatic rings. The molecular formula is C19H28N2O2S. The Balaban J connectivity index is 1.83. The Labute approximate surface area is 150 Å². The van der Waals surface area contributed by atoms with Gasteiger partial charge in [0.1, 0.15) is 5.75 Å². The molecule has 0 heterocycles. The Kier molecular flexibility index (Phi) is 7.50. The number of rotatable bonds is 6. The van der Waals surface area contributed by atoms with Gasteiger partial charge in [0.2, 0.25) is 0 Å². The molecule has 1 amide bonds. The monoisotopic (exact) mass is 348 g/mol. The second-order valence-corrected chi connectivity index (χ2v) is 7.23. The second-order valence-electron chi connectivity index (χ2n) is 6.82. The van der Waals surface area contributed by atoms with Crippen LogP contribution in [0.25, 0.3) is 0 Å². The lowest BCUT2D eigenvalue weighted by atomic mass is 9.96. The second kappa shape index (κ2) is 9.62. The van der Waals surface area contributed by atoms with Crippen molar-refractivity contribution in [3.8, 4) is 5.75 Å². The van der Waals surface area contributed by atoms with Crippen LogP contribution in [0, 0.1) is 5.92 Å². The highest BCUT2D eigenvalue weighted by atomic mass is 32.1. The molecule has 1 aromatic carbocycles. The number of hydrogen-bond donors (Lipinski definition) is 2. The molecule has 2 rings (SSSR count). The first-order valence-electron chi connectivity index (χ1n) is 8.89. The summed E-state index contributed by atoms with van der Waals surface area (Å²) in [5.74, 6) is 1.12. The van der Waals surface area contributed by atoms with E-state index < -0.39 is 0 Å². The number of benzene rings is 1. The van der Waals surface area contributed by atoms with Gasteiger partial charge in [0.25, 0.3) is 5.91 Å². The molecule has 2 N–H and O–H groups in total. The van der Waals surface area contributed by atoms with Gasteiger partial charge in [0.15, 0.2) is 5.11 Å². The van der Waals surface area contributed by atoms with Gasteiger partial charge in [-0.05, 0) is 55.6 Å². The molecular weight excluding hydrogens is 320 g/mol. The predicted molar refractivity (Wildman–Crippen MR) is 101 cm³/mol. The average molecular weight is 349 g/mol. The van der Waals surface area contributed by atoms with Crippen molar-refractivity contribution in [3.05, 3.63) is 29.8 Å². The highest BCUT2D eigenvalue weighted by Gasteiger charge is 2.15.